The maximum absolute atomic E-state index is 13.1. The quantitative estimate of drug-likeness (QED) is 0.676. The second kappa shape index (κ2) is 8.27. The van der Waals surface area contributed by atoms with Crippen LogP contribution >= 0.6 is 0 Å². The number of halogens is 1. The van der Waals surface area contributed by atoms with Crippen molar-refractivity contribution in [2.45, 2.75) is 26.3 Å². The lowest BCUT2D eigenvalue weighted by Crippen LogP contribution is -2.44. The number of hydrogen-bond donors (Lipinski definition) is 2. The summed E-state index contributed by atoms with van der Waals surface area (Å²) in [5, 5.41) is 5.31. The number of nitrogens with one attached hydrogen (secondary N) is 2. The SMILES string of the molecule is CCN(CC)CCNC(=O)CN1C(=O)NC(C)(c2ccc(F)cc2)C1=O. The maximum Gasteiger partial charge on any atom is 0.325 e. The summed E-state index contributed by atoms with van der Waals surface area (Å²) in [6.45, 7) is 8.18. The molecule has 0 bridgehead atoms. The first-order chi connectivity index (χ1) is 12.3. The van der Waals surface area contributed by atoms with Gasteiger partial charge < -0.3 is 15.5 Å². The molecule has 1 saturated heterocycles. The monoisotopic (exact) mass is 364 g/mol. The van der Waals surface area contributed by atoms with Gasteiger partial charge in [-0.2, -0.15) is 0 Å². The molecule has 2 N–H and O–H groups in total. The average Bonchev–Trinajstić information content (AvgIpc) is 2.83. The van der Waals surface area contributed by atoms with Crippen molar-refractivity contribution in [3.8, 4) is 0 Å². The van der Waals surface area contributed by atoms with Gasteiger partial charge in [0.1, 0.15) is 17.9 Å². The third kappa shape index (κ3) is 4.19. The van der Waals surface area contributed by atoms with Gasteiger partial charge in [0.2, 0.25) is 5.91 Å². The molecule has 0 aliphatic carbocycles. The molecule has 4 amide bonds. The zero-order valence-electron chi connectivity index (χ0n) is 15.3. The highest BCUT2D eigenvalue weighted by atomic mass is 19.1. The van der Waals surface area contributed by atoms with E-state index in [2.05, 4.69) is 15.5 Å². The Morgan fingerprint density at radius 1 is 1.23 bits per heavy atom. The number of carbonyl (C=O) groups is 3. The Morgan fingerprint density at radius 3 is 2.42 bits per heavy atom. The van der Waals surface area contributed by atoms with E-state index >= 15 is 0 Å². The molecule has 0 radical (unpaired) electrons. The number of urea groups is 1. The molecule has 1 atom stereocenters. The number of nitrogens with zero attached hydrogens (tertiary/aromatic N) is 2. The van der Waals surface area contributed by atoms with Crippen molar-refractivity contribution in [1.29, 1.82) is 0 Å². The lowest BCUT2D eigenvalue weighted by molar-refractivity contribution is -0.134. The van der Waals surface area contributed by atoms with Crippen molar-refractivity contribution in [3.05, 3.63) is 35.6 Å². The van der Waals surface area contributed by atoms with E-state index in [1.54, 1.807) is 6.92 Å². The third-order valence-corrected chi connectivity index (χ3v) is 4.64. The van der Waals surface area contributed by atoms with Crippen molar-refractivity contribution >= 4 is 17.8 Å². The van der Waals surface area contributed by atoms with E-state index in [4.69, 9.17) is 0 Å². The molecule has 142 valence electrons. The molecule has 26 heavy (non-hydrogen) atoms. The molecular weight excluding hydrogens is 339 g/mol. The molecule has 1 unspecified atom stereocenters. The molecule has 1 aromatic rings. The molecule has 1 heterocycles. The van der Waals surface area contributed by atoms with E-state index in [0.717, 1.165) is 18.0 Å². The Labute approximate surface area is 152 Å². The van der Waals surface area contributed by atoms with E-state index in [9.17, 15) is 18.8 Å². The largest absolute Gasteiger partial charge is 0.353 e. The van der Waals surface area contributed by atoms with Gasteiger partial charge in [-0.05, 0) is 37.7 Å². The van der Waals surface area contributed by atoms with E-state index < -0.39 is 29.2 Å². The fourth-order valence-electron chi connectivity index (χ4n) is 2.91. The molecule has 1 aliphatic heterocycles. The Morgan fingerprint density at radius 2 is 1.85 bits per heavy atom. The smallest absolute Gasteiger partial charge is 0.325 e. The minimum atomic E-state index is -1.31. The Kier molecular flexibility index (Phi) is 6.31. The first-order valence-electron chi connectivity index (χ1n) is 8.71. The van der Waals surface area contributed by atoms with Crippen molar-refractivity contribution in [1.82, 2.24) is 20.4 Å². The number of benzene rings is 1. The van der Waals surface area contributed by atoms with Crippen LogP contribution in [-0.2, 0) is 15.1 Å². The van der Waals surface area contributed by atoms with Crippen LogP contribution in [-0.4, -0.2) is 60.4 Å². The summed E-state index contributed by atoms with van der Waals surface area (Å²) in [5.74, 6) is -1.37. The van der Waals surface area contributed by atoms with Gasteiger partial charge >= 0.3 is 6.03 Å². The zero-order valence-corrected chi connectivity index (χ0v) is 15.3. The second-order valence-corrected chi connectivity index (χ2v) is 6.33. The standard InChI is InChI=1S/C18H25FN4O3/c1-4-22(5-2)11-10-20-15(24)12-23-16(25)18(3,21-17(23)26)13-6-8-14(19)9-7-13/h6-9H,4-5,10-12H2,1-3H3,(H,20,24)(H,21,26). The number of likely N-dealkylation sites (N-methyl/N-ethyl adjacent to an activating group) is 1. The lowest BCUT2D eigenvalue weighted by atomic mass is 9.92. The van der Waals surface area contributed by atoms with Crippen LogP contribution in [0.3, 0.4) is 0 Å². The second-order valence-electron chi connectivity index (χ2n) is 6.33. The van der Waals surface area contributed by atoms with E-state index in [-0.39, 0.29) is 6.54 Å². The predicted molar refractivity (Wildman–Crippen MR) is 94.8 cm³/mol. The summed E-state index contributed by atoms with van der Waals surface area (Å²) in [6.07, 6.45) is 0. The Bertz CT molecular complexity index is 676. The molecule has 7 nitrogen and oxygen atoms in total. The Balaban J connectivity index is 1.98. The number of rotatable bonds is 8. The number of carbonyl (C=O) groups excluding carboxylic acids is 3. The van der Waals surface area contributed by atoms with Gasteiger partial charge in [0.15, 0.2) is 0 Å². The van der Waals surface area contributed by atoms with Crippen molar-refractivity contribution < 1.29 is 18.8 Å². The van der Waals surface area contributed by atoms with Crippen molar-refractivity contribution in [3.63, 3.8) is 0 Å². The molecule has 2 rings (SSSR count). The summed E-state index contributed by atoms with van der Waals surface area (Å²) in [7, 11) is 0. The summed E-state index contributed by atoms with van der Waals surface area (Å²) < 4.78 is 13.1. The molecule has 1 fully saturated rings. The van der Waals surface area contributed by atoms with Crippen LogP contribution < -0.4 is 10.6 Å². The first-order valence-corrected chi connectivity index (χ1v) is 8.71. The van der Waals surface area contributed by atoms with Gasteiger partial charge in [0, 0.05) is 13.1 Å². The normalized spacial score (nSPS) is 19.8. The first kappa shape index (κ1) is 19.8. The fraction of sp³-hybridized carbons (Fsp3) is 0.500. The van der Waals surface area contributed by atoms with Gasteiger partial charge in [-0.3, -0.25) is 14.5 Å². The minimum Gasteiger partial charge on any atom is -0.353 e. The summed E-state index contributed by atoms with van der Waals surface area (Å²) in [5.41, 5.74) is -0.853. The van der Waals surface area contributed by atoms with Crippen LogP contribution in [0.1, 0.15) is 26.3 Å². The summed E-state index contributed by atoms with van der Waals surface area (Å²) in [6, 6.07) is 4.70. The fourth-order valence-corrected chi connectivity index (χ4v) is 2.91. The molecule has 0 saturated carbocycles. The van der Waals surface area contributed by atoms with Gasteiger partial charge in [-0.25, -0.2) is 9.18 Å². The number of amides is 4. The number of imide groups is 1. The highest BCUT2D eigenvalue weighted by molar-refractivity contribution is 6.09. The maximum atomic E-state index is 13.1. The molecule has 0 spiro atoms. The summed E-state index contributed by atoms with van der Waals surface area (Å²) >= 11 is 0. The number of hydrogen-bond acceptors (Lipinski definition) is 4. The molecule has 8 heteroatoms. The van der Waals surface area contributed by atoms with E-state index in [1.165, 1.54) is 24.3 Å². The van der Waals surface area contributed by atoms with E-state index in [1.807, 2.05) is 13.8 Å². The van der Waals surface area contributed by atoms with E-state index in [0.29, 0.717) is 18.7 Å². The molecule has 0 aromatic heterocycles. The topological polar surface area (TPSA) is 81.8 Å². The summed E-state index contributed by atoms with van der Waals surface area (Å²) in [4.78, 5) is 40.0. The van der Waals surface area contributed by atoms with Gasteiger partial charge in [0.05, 0.1) is 0 Å². The van der Waals surface area contributed by atoms with Crippen LogP contribution in [0.2, 0.25) is 0 Å². The van der Waals surface area contributed by atoms with Crippen LogP contribution in [0, 0.1) is 5.82 Å². The van der Waals surface area contributed by atoms with Crippen LogP contribution in [0.15, 0.2) is 24.3 Å². The highest BCUT2D eigenvalue weighted by Crippen LogP contribution is 2.28. The van der Waals surface area contributed by atoms with Crippen LogP contribution in [0.25, 0.3) is 0 Å². The molecule has 1 aliphatic rings. The van der Waals surface area contributed by atoms with Gasteiger partial charge in [-0.15, -0.1) is 0 Å². The lowest BCUT2D eigenvalue weighted by Gasteiger charge is -2.22. The van der Waals surface area contributed by atoms with Gasteiger partial charge in [0.25, 0.3) is 5.91 Å². The van der Waals surface area contributed by atoms with Crippen LogP contribution in [0.4, 0.5) is 9.18 Å². The van der Waals surface area contributed by atoms with Crippen LogP contribution in [0.5, 0.6) is 0 Å². The predicted octanol–water partition coefficient (Wildman–Crippen LogP) is 1.05. The van der Waals surface area contributed by atoms with Gasteiger partial charge in [-0.1, -0.05) is 26.0 Å². The molecular formula is C18H25FN4O3. The molecule has 1 aromatic carbocycles. The van der Waals surface area contributed by atoms with Crippen molar-refractivity contribution in [2.24, 2.45) is 0 Å². The average molecular weight is 364 g/mol. The Hall–Kier alpha value is -2.48. The minimum absolute atomic E-state index is 0.348. The third-order valence-electron chi connectivity index (χ3n) is 4.64. The highest BCUT2D eigenvalue weighted by Gasteiger charge is 2.49. The zero-order chi connectivity index (χ0) is 19.3. The van der Waals surface area contributed by atoms with Crippen molar-refractivity contribution in [2.75, 3.05) is 32.7 Å².